The summed E-state index contributed by atoms with van der Waals surface area (Å²) in [5.74, 6) is 0.471. The molecule has 0 aliphatic rings. The second kappa shape index (κ2) is 8.64. The van der Waals surface area contributed by atoms with Crippen molar-refractivity contribution in [3.05, 3.63) is 77.3 Å². The molecule has 0 saturated carbocycles. The minimum Gasteiger partial charge on any atom is -0.494 e. The molecule has 1 N–H and O–H groups in total. The zero-order chi connectivity index (χ0) is 20.2. The first kappa shape index (κ1) is 19.4. The molecule has 4 nitrogen and oxygen atoms in total. The van der Waals surface area contributed by atoms with E-state index in [1.54, 1.807) is 35.6 Å². The van der Waals surface area contributed by atoms with Crippen molar-refractivity contribution in [2.45, 2.75) is 13.3 Å². The number of aromatic nitrogens is 1. The number of nitrogens with zero attached hydrogens (tertiary/aromatic N) is 1. The molecule has 0 bridgehead atoms. The van der Waals surface area contributed by atoms with Gasteiger partial charge in [-0.2, -0.15) is 0 Å². The van der Waals surface area contributed by atoms with Crippen molar-refractivity contribution in [2.24, 2.45) is 0 Å². The van der Waals surface area contributed by atoms with Crippen molar-refractivity contribution >= 4 is 44.7 Å². The Morgan fingerprint density at radius 2 is 1.97 bits per heavy atom. The molecule has 0 radical (unpaired) electrons. The van der Waals surface area contributed by atoms with Crippen LogP contribution >= 0.6 is 22.9 Å². The number of hydrogen-bond acceptors (Lipinski definition) is 4. The van der Waals surface area contributed by atoms with Gasteiger partial charge < -0.3 is 10.1 Å². The maximum Gasteiger partial charge on any atom is 0.255 e. The number of thiazole rings is 1. The summed E-state index contributed by atoms with van der Waals surface area (Å²) in [6.07, 6.45) is 0.909. The lowest BCUT2D eigenvalue weighted by atomic mass is 10.1. The molecule has 1 amide bonds. The van der Waals surface area contributed by atoms with Gasteiger partial charge in [-0.3, -0.25) is 4.79 Å². The Morgan fingerprint density at radius 3 is 2.79 bits per heavy atom. The van der Waals surface area contributed by atoms with Gasteiger partial charge in [0.2, 0.25) is 0 Å². The Balaban J connectivity index is 1.65. The Hall–Kier alpha value is -2.89. The van der Waals surface area contributed by atoms with E-state index in [9.17, 15) is 4.79 Å². The zero-order valence-electron chi connectivity index (χ0n) is 15.8. The molecule has 146 valence electrons. The lowest BCUT2D eigenvalue weighted by Gasteiger charge is -2.11. The molecule has 0 fully saturated rings. The molecular formula is C23H19ClN2O2S. The first-order valence-corrected chi connectivity index (χ1v) is 10.5. The number of amides is 1. The van der Waals surface area contributed by atoms with E-state index in [-0.39, 0.29) is 5.91 Å². The van der Waals surface area contributed by atoms with Gasteiger partial charge in [0.1, 0.15) is 10.8 Å². The smallest absolute Gasteiger partial charge is 0.255 e. The Kier molecular flexibility index (Phi) is 5.79. The molecule has 4 rings (SSSR count). The molecule has 1 aromatic heterocycles. The number of fused-ring (bicyclic) bond motifs is 1. The minimum atomic E-state index is -0.211. The molecule has 0 aliphatic heterocycles. The van der Waals surface area contributed by atoms with Crippen LogP contribution in [-0.4, -0.2) is 17.5 Å². The normalized spacial score (nSPS) is 10.8. The second-order valence-corrected chi connectivity index (χ2v) is 7.97. The molecule has 4 aromatic rings. The first-order valence-electron chi connectivity index (χ1n) is 9.34. The fourth-order valence-corrected chi connectivity index (χ4v) is 4.10. The molecule has 0 atom stereocenters. The van der Waals surface area contributed by atoms with Crippen LogP contribution in [0.1, 0.15) is 23.7 Å². The summed E-state index contributed by atoms with van der Waals surface area (Å²) in [5.41, 5.74) is 2.91. The monoisotopic (exact) mass is 422 g/mol. The van der Waals surface area contributed by atoms with E-state index in [4.69, 9.17) is 21.3 Å². The number of rotatable bonds is 6. The zero-order valence-corrected chi connectivity index (χ0v) is 17.4. The Morgan fingerprint density at radius 1 is 1.10 bits per heavy atom. The van der Waals surface area contributed by atoms with Gasteiger partial charge in [0.15, 0.2) is 0 Å². The summed E-state index contributed by atoms with van der Waals surface area (Å²) >= 11 is 7.80. The molecule has 3 aromatic carbocycles. The molecular weight excluding hydrogens is 404 g/mol. The maximum absolute atomic E-state index is 12.9. The molecule has 29 heavy (non-hydrogen) atoms. The molecule has 0 aliphatic carbocycles. The topological polar surface area (TPSA) is 51.2 Å². The maximum atomic E-state index is 12.9. The van der Waals surface area contributed by atoms with Crippen molar-refractivity contribution in [2.75, 3.05) is 11.9 Å². The van der Waals surface area contributed by atoms with Gasteiger partial charge in [-0.1, -0.05) is 36.7 Å². The fourth-order valence-electron chi connectivity index (χ4n) is 2.93. The summed E-state index contributed by atoms with van der Waals surface area (Å²) in [4.78, 5) is 17.6. The van der Waals surface area contributed by atoms with Gasteiger partial charge in [-0.15, -0.1) is 11.3 Å². The van der Waals surface area contributed by atoms with Crippen molar-refractivity contribution < 1.29 is 9.53 Å². The van der Waals surface area contributed by atoms with E-state index in [1.165, 1.54) is 0 Å². The van der Waals surface area contributed by atoms with E-state index >= 15 is 0 Å². The van der Waals surface area contributed by atoms with Crippen LogP contribution in [0.4, 0.5) is 5.69 Å². The second-order valence-electron chi connectivity index (χ2n) is 6.51. The number of carbonyl (C=O) groups is 1. The van der Waals surface area contributed by atoms with Crippen LogP contribution in [0.3, 0.4) is 0 Å². The van der Waals surface area contributed by atoms with Crippen molar-refractivity contribution in [3.8, 4) is 16.3 Å². The lowest BCUT2D eigenvalue weighted by molar-refractivity contribution is 0.102. The predicted octanol–water partition coefficient (Wildman–Crippen LogP) is 6.66. The molecule has 0 saturated heterocycles. The summed E-state index contributed by atoms with van der Waals surface area (Å²) in [7, 11) is 0. The SMILES string of the molecule is CCCOc1cccc(C(=O)Nc2ccc(Cl)cc2-c2nc3ccccc3s2)c1. The third-order valence-electron chi connectivity index (χ3n) is 4.32. The average molecular weight is 423 g/mol. The Labute approximate surface area is 178 Å². The fraction of sp³-hybridized carbons (Fsp3) is 0.130. The summed E-state index contributed by atoms with van der Waals surface area (Å²) < 4.78 is 6.72. The minimum absolute atomic E-state index is 0.211. The van der Waals surface area contributed by atoms with Crippen LogP contribution < -0.4 is 10.1 Å². The highest BCUT2D eigenvalue weighted by molar-refractivity contribution is 7.21. The van der Waals surface area contributed by atoms with Crippen molar-refractivity contribution in [1.82, 2.24) is 4.98 Å². The van der Waals surface area contributed by atoms with Crippen LogP contribution in [0.5, 0.6) is 5.75 Å². The standard InChI is InChI=1S/C23H19ClN2O2S/c1-2-12-28-17-7-5-6-15(13-17)22(27)25-19-11-10-16(24)14-18(19)23-26-20-8-3-4-9-21(20)29-23/h3-11,13-14H,2,12H2,1H3,(H,25,27). The number of halogens is 1. The van der Waals surface area contributed by atoms with Gasteiger partial charge >= 0.3 is 0 Å². The van der Waals surface area contributed by atoms with Gasteiger partial charge in [0, 0.05) is 16.1 Å². The van der Waals surface area contributed by atoms with E-state index in [0.717, 1.165) is 27.2 Å². The number of anilines is 1. The number of benzene rings is 3. The van der Waals surface area contributed by atoms with Crippen LogP contribution in [-0.2, 0) is 0 Å². The number of carbonyl (C=O) groups excluding carboxylic acids is 1. The highest BCUT2D eigenvalue weighted by Gasteiger charge is 2.15. The van der Waals surface area contributed by atoms with Crippen LogP contribution in [0, 0.1) is 0 Å². The van der Waals surface area contributed by atoms with Gasteiger partial charge in [-0.25, -0.2) is 4.98 Å². The van der Waals surface area contributed by atoms with Crippen LogP contribution in [0.25, 0.3) is 20.8 Å². The van der Waals surface area contributed by atoms with E-state index in [1.807, 2.05) is 49.4 Å². The molecule has 1 heterocycles. The van der Waals surface area contributed by atoms with E-state index in [2.05, 4.69) is 5.32 Å². The van der Waals surface area contributed by atoms with Gasteiger partial charge in [-0.05, 0) is 55.0 Å². The lowest BCUT2D eigenvalue weighted by Crippen LogP contribution is -2.12. The number of ether oxygens (including phenoxy) is 1. The number of para-hydroxylation sites is 1. The van der Waals surface area contributed by atoms with Gasteiger partial charge in [0.05, 0.1) is 22.5 Å². The van der Waals surface area contributed by atoms with E-state index in [0.29, 0.717) is 28.6 Å². The number of nitrogens with one attached hydrogen (secondary N) is 1. The van der Waals surface area contributed by atoms with Crippen molar-refractivity contribution in [3.63, 3.8) is 0 Å². The Bertz CT molecular complexity index is 1140. The third-order valence-corrected chi connectivity index (χ3v) is 5.63. The molecule has 0 spiro atoms. The quantitative estimate of drug-likeness (QED) is 0.378. The summed E-state index contributed by atoms with van der Waals surface area (Å²) in [6, 6.07) is 20.5. The van der Waals surface area contributed by atoms with Crippen molar-refractivity contribution in [1.29, 1.82) is 0 Å². The average Bonchev–Trinajstić information content (AvgIpc) is 3.18. The molecule has 0 unspecified atom stereocenters. The number of hydrogen-bond donors (Lipinski definition) is 1. The van der Waals surface area contributed by atoms with Crippen LogP contribution in [0.15, 0.2) is 66.7 Å². The van der Waals surface area contributed by atoms with E-state index < -0.39 is 0 Å². The highest BCUT2D eigenvalue weighted by Crippen LogP contribution is 2.36. The predicted molar refractivity (Wildman–Crippen MR) is 120 cm³/mol. The van der Waals surface area contributed by atoms with Crippen LogP contribution in [0.2, 0.25) is 5.02 Å². The third kappa shape index (κ3) is 4.42. The molecule has 6 heteroatoms. The highest BCUT2D eigenvalue weighted by atomic mass is 35.5. The van der Waals surface area contributed by atoms with Gasteiger partial charge in [0.25, 0.3) is 5.91 Å². The summed E-state index contributed by atoms with van der Waals surface area (Å²) in [6.45, 7) is 2.66. The summed E-state index contributed by atoms with van der Waals surface area (Å²) in [5, 5.41) is 4.39. The largest absolute Gasteiger partial charge is 0.494 e. The first-order chi connectivity index (χ1) is 14.1.